The van der Waals surface area contributed by atoms with E-state index in [2.05, 4.69) is 6.07 Å². The molecule has 0 aliphatic rings. The lowest BCUT2D eigenvalue weighted by Gasteiger charge is -1.97. The van der Waals surface area contributed by atoms with Gasteiger partial charge in [0.05, 0.1) is 17.5 Å². The number of rotatable bonds is 0. The summed E-state index contributed by atoms with van der Waals surface area (Å²) in [5.74, 6) is 0. The van der Waals surface area contributed by atoms with Crippen LogP contribution in [-0.2, 0) is 0 Å². The third-order valence-electron chi connectivity index (χ3n) is 2.37. The van der Waals surface area contributed by atoms with Gasteiger partial charge in [-0.05, 0) is 12.1 Å². The first kappa shape index (κ1) is 8.39. The van der Waals surface area contributed by atoms with Gasteiger partial charge in [-0.15, -0.1) is 0 Å². The molecule has 0 aliphatic heterocycles. The molecule has 15 heavy (non-hydrogen) atoms. The first-order valence-corrected chi connectivity index (χ1v) is 4.66. The summed E-state index contributed by atoms with van der Waals surface area (Å²) in [6, 6.07) is 5.53. The van der Waals surface area contributed by atoms with Crippen molar-refractivity contribution in [1.82, 2.24) is 0 Å². The number of hydrogen-bond donors (Lipinski definition) is 0. The summed E-state index contributed by atoms with van der Waals surface area (Å²) < 4.78 is 10.5. The molecule has 0 bridgehead atoms. The summed E-state index contributed by atoms with van der Waals surface area (Å²) >= 11 is 6.12. The monoisotopic (exact) mass is 217 g/mol. The van der Waals surface area contributed by atoms with Crippen LogP contribution in [0.3, 0.4) is 0 Å². The Morgan fingerprint density at radius 2 is 1.73 bits per heavy atom. The standard InChI is InChI=1S/C11H4ClNO2/c12-9-7-2-4-14-10(7)8(5-13)6-1-3-15-11(6)9/h1-4H. The third kappa shape index (κ3) is 0.943. The first-order valence-electron chi connectivity index (χ1n) is 4.29. The third-order valence-corrected chi connectivity index (χ3v) is 2.75. The summed E-state index contributed by atoms with van der Waals surface area (Å²) in [7, 11) is 0. The van der Waals surface area contributed by atoms with E-state index in [1.807, 2.05) is 0 Å². The molecule has 0 fully saturated rings. The number of nitriles is 1. The molecule has 3 aromatic rings. The minimum atomic E-state index is 0.461. The van der Waals surface area contributed by atoms with Crippen molar-refractivity contribution >= 4 is 33.5 Å². The van der Waals surface area contributed by atoms with Crippen LogP contribution in [0.15, 0.2) is 33.5 Å². The smallest absolute Gasteiger partial charge is 0.154 e. The predicted octanol–water partition coefficient (Wildman–Crippen LogP) is 3.70. The van der Waals surface area contributed by atoms with Crippen LogP contribution in [0.25, 0.3) is 21.9 Å². The van der Waals surface area contributed by atoms with Crippen molar-refractivity contribution in [2.45, 2.75) is 0 Å². The van der Waals surface area contributed by atoms with Crippen LogP contribution in [0.2, 0.25) is 5.02 Å². The van der Waals surface area contributed by atoms with Gasteiger partial charge >= 0.3 is 0 Å². The van der Waals surface area contributed by atoms with E-state index in [9.17, 15) is 0 Å². The van der Waals surface area contributed by atoms with Crippen LogP contribution in [0, 0.1) is 11.3 Å². The molecule has 0 aliphatic carbocycles. The van der Waals surface area contributed by atoms with Crippen molar-refractivity contribution in [3.05, 3.63) is 35.2 Å². The fourth-order valence-corrected chi connectivity index (χ4v) is 2.00. The second kappa shape index (κ2) is 2.78. The number of benzene rings is 1. The summed E-state index contributed by atoms with van der Waals surface area (Å²) in [5, 5.41) is 10.9. The first-order chi connectivity index (χ1) is 7.33. The Morgan fingerprint density at radius 1 is 1.07 bits per heavy atom. The average molecular weight is 218 g/mol. The minimum absolute atomic E-state index is 0.461. The van der Waals surface area contributed by atoms with E-state index in [-0.39, 0.29) is 0 Å². The van der Waals surface area contributed by atoms with Crippen molar-refractivity contribution in [2.24, 2.45) is 0 Å². The average Bonchev–Trinajstić information content (AvgIpc) is 2.85. The van der Waals surface area contributed by atoms with Crippen LogP contribution < -0.4 is 0 Å². The quantitative estimate of drug-likeness (QED) is 0.577. The van der Waals surface area contributed by atoms with E-state index < -0.39 is 0 Å². The molecule has 1 aromatic carbocycles. The molecule has 0 N–H and O–H groups in total. The van der Waals surface area contributed by atoms with E-state index in [0.717, 1.165) is 0 Å². The fraction of sp³-hybridized carbons (Fsp3) is 0. The van der Waals surface area contributed by atoms with Gasteiger partial charge in [-0.25, -0.2) is 0 Å². The van der Waals surface area contributed by atoms with Crippen molar-refractivity contribution < 1.29 is 8.83 Å². The highest BCUT2D eigenvalue weighted by Crippen LogP contribution is 2.36. The molecular formula is C11H4ClNO2. The van der Waals surface area contributed by atoms with E-state index in [0.29, 0.717) is 32.5 Å². The van der Waals surface area contributed by atoms with Crippen LogP contribution in [0.5, 0.6) is 0 Å². The van der Waals surface area contributed by atoms with Crippen LogP contribution in [-0.4, -0.2) is 0 Å². The second-order valence-electron chi connectivity index (χ2n) is 3.13. The number of hydrogen-bond acceptors (Lipinski definition) is 3. The van der Waals surface area contributed by atoms with Gasteiger partial charge in [-0.2, -0.15) is 5.26 Å². The predicted molar refractivity (Wildman–Crippen MR) is 55.7 cm³/mol. The van der Waals surface area contributed by atoms with Crippen molar-refractivity contribution in [2.75, 3.05) is 0 Å². The minimum Gasteiger partial charge on any atom is -0.463 e. The van der Waals surface area contributed by atoms with E-state index in [1.54, 1.807) is 12.1 Å². The molecule has 0 saturated carbocycles. The number of halogens is 1. The molecule has 4 heteroatoms. The van der Waals surface area contributed by atoms with E-state index in [1.165, 1.54) is 12.5 Å². The molecule has 72 valence electrons. The molecule has 0 amide bonds. The highest BCUT2D eigenvalue weighted by atomic mass is 35.5. The van der Waals surface area contributed by atoms with Gasteiger partial charge < -0.3 is 8.83 Å². The lowest BCUT2D eigenvalue weighted by Crippen LogP contribution is -1.79. The van der Waals surface area contributed by atoms with Gasteiger partial charge in [-0.3, -0.25) is 0 Å². The maximum Gasteiger partial charge on any atom is 0.154 e. The fourth-order valence-electron chi connectivity index (χ4n) is 1.71. The van der Waals surface area contributed by atoms with Gasteiger partial charge in [0.25, 0.3) is 0 Å². The van der Waals surface area contributed by atoms with Crippen molar-refractivity contribution in [1.29, 1.82) is 5.26 Å². The van der Waals surface area contributed by atoms with E-state index >= 15 is 0 Å². The topological polar surface area (TPSA) is 50.1 Å². The molecule has 0 spiro atoms. The van der Waals surface area contributed by atoms with Gasteiger partial charge in [0.1, 0.15) is 11.6 Å². The normalized spacial score (nSPS) is 10.9. The van der Waals surface area contributed by atoms with Crippen molar-refractivity contribution in [3.8, 4) is 6.07 Å². The molecule has 0 saturated heterocycles. The Morgan fingerprint density at radius 3 is 2.47 bits per heavy atom. The van der Waals surface area contributed by atoms with Crippen molar-refractivity contribution in [3.63, 3.8) is 0 Å². The molecule has 2 aromatic heterocycles. The summed E-state index contributed by atoms with van der Waals surface area (Å²) in [4.78, 5) is 0. The zero-order valence-corrected chi connectivity index (χ0v) is 8.21. The lowest BCUT2D eigenvalue weighted by molar-refractivity contribution is 0.611. The van der Waals surface area contributed by atoms with Gasteiger partial charge in [0.15, 0.2) is 11.2 Å². The Hall–Kier alpha value is -1.92. The molecule has 3 nitrogen and oxygen atoms in total. The molecule has 0 unspecified atom stereocenters. The largest absolute Gasteiger partial charge is 0.463 e. The summed E-state index contributed by atoms with van der Waals surface area (Å²) in [6.07, 6.45) is 3.02. The Bertz CT molecular complexity index is 651. The van der Waals surface area contributed by atoms with E-state index in [4.69, 9.17) is 25.7 Å². The maximum absolute atomic E-state index is 9.07. The van der Waals surface area contributed by atoms with Crippen LogP contribution in [0.1, 0.15) is 5.56 Å². The number of fused-ring (bicyclic) bond motifs is 2. The Kier molecular flexibility index (Phi) is 1.56. The second-order valence-corrected chi connectivity index (χ2v) is 3.51. The zero-order valence-electron chi connectivity index (χ0n) is 7.45. The summed E-state index contributed by atoms with van der Waals surface area (Å²) in [6.45, 7) is 0. The van der Waals surface area contributed by atoms with Crippen LogP contribution in [0.4, 0.5) is 0 Å². The molecular weight excluding hydrogens is 214 g/mol. The lowest BCUT2D eigenvalue weighted by atomic mass is 10.1. The van der Waals surface area contributed by atoms with Crippen LogP contribution >= 0.6 is 11.6 Å². The highest BCUT2D eigenvalue weighted by molar-refractivity contribution is 6.40. The SMILES string of the molecule is N#Cc1c2ccoc2c(Cl)c2ccoc12. The maximum atomic E-state index is 9.07. The van der Waals surface area contributed by atoms with Gasteiger partial charge in [0.2, 0.25) is 0 Å². The molecule has 3 rings (SSSR count). The molecule has 0 radical (unpaired) electrons. The Balaban J connectivity index is 2.72. The Labute approximate surface area is 89.4 Å². The summed E-state index contributed by atoms with van der Waals surface area (Å²) in [5.41, 5.74) is 1.50. The van der Waals surface area contributed by atoms with Gasteiger partial charge in [-0.1, -0.05) is 11.6 Å². The highest BCUT2D eigenvalue weighted by Gasteiger charge is 2.16. The van der Waals surface area contributed by atoms with Gasteiger partial charge in [0, 0.05) is 10.8 Å². The molecule has 2 heterocycles. The number of furan rings is 2. The zero-order chi connectivity index (χ0) is 10.4. The molecule has 0 atom stereocenters. The number of nitrogens with zero attached hydrogens (tertiary/aromatic N) is 1.